The second-order valence-electron chi connectivity index (χ2n) is 5.71. The second kappa shape index (κ2) is 5.17. The molecule has 0 amide bonds. The highest BCUT2D eigenvalue weighted by Crippen LogP contribution is 2.25. The highest BCUT2D eigenvalue weighted by Gasteiger charge is 2.18. The van der Waals surface area contributed by atoms with Crippen molar-refractivity contribution >= 4 is 11.6 Å². The van der Waals surface area contributed by atoms with Crippen LogP contribution in [-0.4, -0.2) is 24.1 Å². The number of aromatic nitrogens is 1. The number of nitrogens with one attached hydrogen (secondary N) is 1. The van der Waals surface area contributed by atoms with E-state index in [1.54, 1.807) is 0 Å². The van der Waals surface area contributed by atoms with Gasteiger partial charge in [0.1, 0.15) is 11.6 Å². The summed E-state index contributed by atoms with van der Waals surface area (Å²) in [5.74, 6) is 2.23. The Balaban J connectivity index is 1.75. The minimum atomic E-state index is 0.661. The van der Waals surface area contributed by atoms with E-state index in [0.717, 1.165) is 11.6 Å². The van der Waals surface area contributed by atoms with E-state index in [4.69, 9.17) is 4.98 Å². The molecule has 98 valence electrons. The third-order valence-electron chi connectivity index (χ3n) is 4.09. The number of hydrogen-bond acceptors (Lipinski definition) is 3. The topological polar surface area (TPSA) is 28.2 Å². The first-order valence-electron chi connectivity index (χ1n) is 7.31. The predicted molar refractivity (Wildman–Crippen MR) is 76.3 cm³/mol. The van der Waals surface area contributed by atoms with Crippen molar-refractivity contribution in [3.8, 4) is 0 Å². The molecular formula is C15H23N3. The molecule has 2 fully saturated rings. The smallest absolute Gasteiger partial charge is 0.131 e. The van der Waals surface area contributed by atoms with Gasteiger partial charge in [-0.1, -0.05) is 0 Å². The number of hydrogen-bond donors (Lipinski definition) is 1. The molecule has 18 heavy (non-hydrogen) atoms. The Hall–Kier alpha value is -1.25. The average molecular weight is 245 g/mol. The minimum absolute atomic E-state index is 0.661. The summed E-state index contributed by atoms with van der Waals surface area (Å²) in [5.41, 5.74) is 1.31. The summed E-state index contributed by atoms with van der Waals surface area (Å²) in [6, 6.07) is 5.05. The zero-order chi connectivity index (χ0) is 12.4. The van der Waals surface area contributed by atoms with Crippen molar-refractivity contribution in [2.75, 3.05) is 23.3 Å². The van der Waals surface area contributed by atoms with Crippen LogP contribution in [0.5, 0.6) is 0 Å². The molecule has 1 saturated carbocycles. The van der Waals surface area contributed by atoms with Crippen molar-refractivity contribution in [1.82, 2.24) is 4.98 Å². The Morgan fingerprint density at radius 2 is 1.89 bits per heavy atom. The van der Waals surface area contributed by atoms with Crippen LogP contribution in [0.2, 0.25) is 0 Å². The second-order valence-corrected chi connectivity index (χ2v) is 5.71. The first-order chi connectivity index (χ1) is 8.81. The Labute approximate surface area is 110 Å². The van der Waals surface area contributed by atoms with Crippen LogP contribution in [0.3, 0.4) is 0 Å². The summed E-state index contributed by atoms with van der Waals surface area (Å²) < 4.78 is 0. The molecule has 3 nitrogen and oxygen atoms in total. The number of pyridine rings is 1. The third kappa shape index (κ3) is 2.60. The average Bonchev–Trinajstić information content (AvgIpc) is 2.34. The van der Waals surface area contributed by atoms with Crippen LogP contribution in [0.25, 0.3) is 0 Å². The van der Waals surface area contributed by atoms with Gasteiger partial charge >= 0.3 is 0 Å². The lowest BCUT2D eigenvalue weighted by atomic mass is 9.93. The first-order valence-corrected chi connectivity index (χ1v) is 7.31. The lowest BCUT2D eigenvalue weighted by Crippen LogP contribution is -2.31. The molecule has 1 aliphatic carbocycles. The fourth-order valence-electron chi connectivity index (χ4n) is 2.77. The van der Waals surface area contributed by atoms with Gasteiger partial charge in [-0.2, -0.15) is 0 Å². The van der Waals surface area contributed by atoms with E-state index in [2.05, 4.69) is 29.3 Å². The monoisotopic (exact) mass is 245 g/mol. The molecule has 3 heteroatoms. The van der Waals surface area contributed by atoms with Gasteiger partial charge in [0.05, 0.1) is 0 Å². The van der Waals surface area contributed by atoms with Gasteiger partial charge in [-0.25, -0.2) is 4.98 Å². The fraction of sp³-hybridized carbons (Fsp3) is 0.667. The van der Waals surface area contributed by atoms with Crippen LogP contribution < -0.4 is 10.2 Å². The number of aryl methyl sites for hydroxylation is 1. The number of piperidine rings is 1. The molecule has 0 unspecified atom stereocenters. The summed E-state index contributed by atoms with van der Waals surface area (Å²) in [4.78, 5) is 7.23. The van der Waals surface area contributed by atoms with Crippen LogP contribution in [-0.2, 0) is 0 Å². The minimum Gasteiger partial charge on any atom is -0.367 e. The summed E-state index contributed by atoms with van der Waals surface area (Å²) in [6.07, 6.45) is 7.95. The number of nitrogens with zero attached hydrogens (tertiary/aromatic N) is 2. The van der Waals surface area contributed by atoms with Gasteiger partial charge < -0.3 is 10.2 Å². The van der Waals surface area contributed by atoms with Crippen LogP contribution in [0, 0.1) is 6.92 Å². The SMILES string of the molecule is Cc1cc(NC2CCC2)nc(N2CCCCC2)c1. The number of rotatable bonds is 3. The molecule has 0 bridgehead atoms. The van der Waals surface area contributed by atoms with Crippen LogP contribution in [0.1, 0.15) is 44.1 Å². The molecule has 0 aromatic carbocycles. The van der Waals surface area contributed by atoms with Gasteiger partial charge in [0, 0.05) is 19.1 Å². The van der Waals surface area contributed by atoms with Crippen molar-refractivity contribution in [2.24, 2.45) is 0 Å². The van der Waals surface area contributed by atoms with Gasteiger partial charge in [0.2, 0.25) is 0 Å². The highest BCUT2D eigenvalue weighted by molar-refractivity contribution is 5.51. The molecule has 2 aliphatic rings. The predicted octanol–water partition coefficient (Wildman–Crippen LogP) is 3.34. The van der Waals surface area contributed by atoms with E-state index < -0.39 is 0 Å². The quantitative estimate of drug-likeness (QED) is 0.885. The third-order valence-corrected chi connectivity index (χ3v) is 4.09. The van der Waals surface area contributed by atoms with Gasteiger partial charge in [0.15, 0.2) is 0 Å². The van der Waals surface area contributed by atoms with Gasteiger partial charge in [-0.05, 0) is 63.1 Å². The molecule has 1 aromatic rings. The molecule has 1 aliphatic heterocycles. The van der Waals surface area contributed by atoms with Crippen molar-refractivity contribution < 1.29 is 0 Å². The molecule has 2 heterocycles. The largest absolute Gasteiger partial charge is 0.367 e. The van der Waals surface area contributed by atoms with E-state index in [1.807, 2.05) is 0 Å². The van der Waals surface area contributed by atoms with Gasteiger partial charge in [0.25, 0.3) is 0 Å². The van der Waals surface area contributed by atoms with E-state index in [0.29, 0.717) is 6.04 Å². The molecule has 0 atom stereocenters. The highest BCUT2D eigenvalue weighted by atomic mass is 15.2. The summed E-state index contributed by atoms with van der Waals surface area (Å²) in [5, 5.41) is 3.56. The maximum Gasteiger partial charge on any atom is 0.131 e. The number of anilines is 2. The van der Waals surface area contributed by atoms with Crippen molar-refractivity contribution in [1.29, 1.82) is 0 Å². The Morgan fingerprint density at radius 3 is 2.56 bits per heavy atom. The zero-order valence-electron chi connectivity index (χ0n) is 11.3. The Kier molecular flexibility index (Phi) is 3.39. The summed E-state index contributed by atoms with van der Waals surface area (Å²) in [7, 11) is 0. The fourth-order valence-corrected chi connectivity index (χ4v) is 2.77. The molecule has 0 spiro atoms. The molecular weight excluding hydrogens is 222 g/mol. The van der Waals surface area contributed by atoms with E-state index >= 15 is 0 Å². The van der Waals surface area contributed by atoms with E-state index in [-0.39, 0.29) is 0 Å². The zero-order valence-corrected chi connectivity index (χ0v) is 11.3. The van der Waals surface area contributed by atoms with Gasteiger partial charge in [-0.15, -0.1) is 0 Å². The van der Waals surface area contributed by atoms with Crippen molar-refractivity contribution in [3.63, 3.8) is 0 Å². The maximum absolute atomic E-state index is 4.79. The lowest BCUT2D eigenvalue weighted by Gasteiger charge is -2.30. The van der Waals surface area contributed by atoms with Gasteiger partial charge in [-0.3, -0.25) is 0 Å². The van der Waals surface area contributed by atoms with Crippen LogP contribution >= 0.6 is 0 Å². The van der Waals surface area contributed by atoms with Crippen LogP contribution in [0.15, 0.2) is 12.1 Å². The Morgan fingerprint density at radius 1 is 1.11 bits per heavy atom. The lowest BCUT2D eigenvalue weighted by molar-refractivity contribution is 0.444. The van der Waals surface area contributed by atoms with Crippen LogP contribution in [0.4, 0.5) is 11.6 Å². The van der Waals surface area contributed by atoms with Crippen molar-refractivity contribution in [3.05, 3.63) is 17.7 Å². The first kappa shape index (κ1) is 11.8. The molecule has 1 N–H and O–H groups in total. The standard InChI is InChI=1S/C15H23N3/c1-12-10-14(16-13-6-5-7-13)17-15(11-12)18-8-3-2-4-9-18/h10-11,13H,2-9H2,1H3,(H,16,17). The molecule has 0 radical (unpaired) electrons. The van der Waals surface area contributed by atoms with E-state index in [9.17, 15) is 0 Å². The maximum atomic E-state index is 4.79. The normalized spacial score (nSPS) is 20.6. The molecule has 3 rings (SSSR count). The van der Waals surface area contributed by atoms with E-state index in [1.165, 1.54) is 57.2 Å². The molecule has 1 saturated heterocycles. The summed E-state index contributed by atoms with van der Waals surface area (Å²) >= 11 is 0. The van der Waals surface area contributed by atoms with Crippen molar-refractivity contribution in [2.45, 2.75) is 51.5 Å². The Bertz CT molecular complexity index is 406. The molecule has 1 aromatic heterocycles. The summed E-state index contributed by atoms with van der Waals surface area (Å²) in [6.45, 7) is 4.50.